The summed E-state index contributed by atoms with van der Waals surface area (Å²) in [6.45, 7) is 0. The molecule has 0 spiro atoms. The second kappa shape index (κ2) is 3.99. The molecule has 90 valence electrons. The molecule has 6 nitrogen and oxygen atoms in total. The molecule has 0 atom stereocenters. The molecule has 0 saturated heterocycles. The molecule has 0 unspecified atom stereocenters. The minimum atomic E-state index is 0.161. The molecule has 6 heteroatoms. The van der Waals surface area contributed by atoms with Crippen LogP contribution in [0.4, 0.5) is 0 Å². The van der Waals surface area contributed by atoms with Gasteiger partial charge in [0, 0.05) is 18.8 Å². The summed E-state index contributed by atoms with van der Waals surface area (Å²) in [4.78, 5) is 4.26. The van der Waals surface area contributed by atoms with Gasteiger partial charge in [-0.15, -0.1) is 0 Å². The van der Waals surface area contributed by atoms with Gasteiger partial charge in [-0.05, 0) is 18.2 Å². The highest BCUT2D eigenvalue weighted by Crippen LogP contribution is 2.24. The molecule has 0 fully saturated rings. The van der Waals surface area contributed by atoms with E-state index in [1.165, 1.54) is 0 Å². The van der Waals surface area contributed by atoms with E-state index in [1.807, 2.05) is 7.05 Å². The average Bonchev–Trinajstić information content (AvgIpc) is 2.97. The summed E-state index contributed by atoms with van der Waals surface area (Å²) in [5.41, 5.74) is 1.46. The lowest BCUT2D eigenvalue weighted by Crippen LogP contribution is -1.84. The smallest absolute Gasteiger partial charge is 0.258 e. The summed E-state index contributed by atoms with van der Waals surface area (Å²) >= 11 is 0. The van der Waals surface area contributed by atoms with E-state index >= 15 is 0 Å². The zero-order chi connectivity index (χ0) is 12.5. The Kier molecular flexibility index (Phi) is 2.33. The van der Waals surface area contributed by atoms with Crippen molar-refractivity contribution in [2.75, 3.05) is 0 Å². The number of phenols is 1. The first-order valence-corrected chi connectivity index (χ1v) is 5.34. The lowest BCUT2D eigenvalue weighted by Gasteiger charge is -1.94. The lowest BCUT2D eigenvalue weighted by molar-refractivity contribution is 0.431. The van der Waals surface area contributed by atoms with Gasteiger partial charge in [0.2, 0.25) is 5.82 Å². The molecule has 0 aliphatic rings. The van der Waals surface area contributed by atoms with Gasteiger partial charge in [0.1, 0.15) is 5.75 Å². The molecule has 2 aromatic heterocycles. The normalized spacial score (nSPS) is 10.7. The highest BCUT2D eigenvalue weighted by atomic mass is 16.5. The summed E-state index contributed by atoms with van der Waals surface area (Å²) < 4.78 is 6.83. The number of benzene rings is 1. The Balaban J connectivity index is 1.99. The van der Waals surface area contributed by atoms with Crippen molar-refractivity contribution in [3.63, 3.8) is 0 Å². The van der Waals surface area contributed by atoms with Crippen LogP contribution in [0.2, 0.25) is 0 Å². The number of hydrogen-bond donors (Lipinski definition) is 1. The molecule has 0 amide bonds. The first-order chi connectivity index (χ1) is 8.72. The number of aromatic nitrogens is 4. The minimum Gasteiger partial charge on any atom is -0.508 e. The van der Waals surface area contributed by atoms with Gasteiger partial charge in [0.15, 0.2) is 0 Å². The highest BCUT2D eigenvalue weighted by molar-refractivity contribution is 5.59. The Morgan fingerprint density at radius 3 is 2.89 bits per heavy atom. The number of hydrogen-bond acceptors (Lipinski definition) is 5. The quantitative estimate of drug-likeness (QED) is 0.742. The van der Waals surface area contributed by atoms with E-state index in [9.17, 15) is 5.11 Å². The summed E-state index contributed by atoms with van der Waals surface area (Å²) in [5, 5.41) is 17.3. The molecule has 1 aromatic carbocycles. The van der Waals surface area contributed by atoms with Crippen LogP contribution >= 0.6 is 0 Å². The molecular formula is C12H10N4O2. The van der Waals surface area contributed by atoms with Crippen LogP contribution in [0.25, 0.3) is 22.8 Å². The number of aromatic hydroxyl groups is 1. The number of nitrogens with zero attached hydrogens (tertiary/aromatic N) is 4. The fraction of sp³-hybridized carbons (Fsp3) is 0.0833. The van der Waals surface area contributed by atoms with Gasteiger partial charge in [-0.3, -0.25) is 4.68 Å². The zero-order valence-electron chi connectivity index (χ0n) is 9.61. The van der Waals surface area contributed by atoms with Crippen molar-refractivity contribution in [3.8, 4) is 28.6 Å². The molecule has 0 aliphatic heterocycles. The summed E-state index contributed by atoms with van der Waals surface area (Å²) in [6, 6.07) is 6.67. The topological polar surface area (TPSA) is 77.0 Å². The maximum atomic E-state index is 9.40. The van der Waals surface area contributed by atoms with E-state index in [4.69, 9.17) is 4.52 Å². The van der Waals surface area contributed by atoms with E-state index in [0.717, 1.165) is 5.56 Å². The van der Waals surface area contributed by atoms with Crippen molar-refractivity contribution >= 4 is 0 Å². The highest BCUT2D eigenvalue weighted by Gasteiger charge is 2.11. The molecule has 2 heterocycles. The molecule has 3 aromatic rings. The molecular weight excluding hydrogens is 232 g/mol. The van der Waals surface area contributed by atoms with Crippen molar-refractivity contribution in [2.45, 2.75) is 0 Å². The second-order valence-electron chi connectivity index (χ2n) is 3.88. The molecule has 0 bridgehead atoms. The van der Waals surface area contributed by atoms with Crippen molar-refractivity contribution in [2.24, 2.45) is 7.05 Å². The third-order valence-electron chi connectivity index (χ3n) is 2.48. The van der Waals surface area contributed by atoms with Crippen LogP contribution in [0.15, 0.2) is 41.2 Å². The average molecular weight is 242 g/mol. The monoisotopic (exact) mass is 242 g/mol. The van der Waals surface area contributed by atoms with Gasteiger partial charge in [-0.2, -0.15) is 10.1 Å². The van der Waals surface area contributed by atoms with E-state index in [-0.39, 0.29) is 5.75 Å². The van der Waals surface area contributed by atoms with E-state index in [1.54, 1.807) is 41.3 Å². The van der Waals surface area contributed by atoms with Crippen LogP contribution in [-0.4, -0.2) is 25.0 Å². The van der Waals surface area contributed by atoms with Gasteiger partial charge in [-0.1, -0.05) is 11.2 Å². The summed E-state index contributed by atoms with van der Waals surface area (Å²) in [7, 11) is 1.82. The molecule has 1 N–H and O–H groups in total. The Morgan fingerprint density at radius 2 is 2.17 bits per heavy atom. The van der Waals surface area contributed by atoms with E-state index in [0.29, 0.717) is 17.3 Å². The van der Waals surface area contributed by atoms with Crippen LogP contribution in [0.5, 0.6) is 5.75 Å². The van der Waals surface area contributed by atoms with Gasteiger partial charge in [-0.25, -0.2) is 0 Å². The van der Waals surface area contributed by atoms with Crippen molar-refractivity contribution in [1.82, 2.24) is 19.9 Å². The van der Waals surface area contributed by atoms with Gasteiger partial charge < -0.3 is 9.63 Å². The Hall–Kier alpha value is -2.63. The Morgan fingerprint density at radius 1 is 1.28 bits per heavy atom. The minimum absolute atomic E-state index is 0.161. The molecule has 3 rings (SSSR count). The molecule has 18 heavy (non-hydrogen) atoms. The van der Waals surface area contributed by atoms with Crippen LogP contribution in [0.3, 0.4) is 0 Å². The summed E-state index contributed by atoms with van der Waals surface area (Å²) in [6.07, 6.45) is 3.47. The number of phenolic OH excluding ortho intramolecular Hbond substituents is 1. The largest absolute Gasteiger partial charge is 0.508 e. The van der Waals surface area contributed by atoms with Crippen LogP contribution < -0.4 is 0 Å². The summed E-state index contributed by atoms with van der Waals surface area (Å²) in [5.74, 6) is 1.000. The fourth-order valence-corrected chi connectivity index (χ4v) is 1.63. The first kappa shape index (κ1) is 10.5. The third-order valence-corrected chi connectivity index (χ3v) is 2.48. The Bertz CT molecular complexity index is 687. The predicted molar refractivity (Wildman–Crippen MR) is 63.6 cm³/mol. The van der Waals surface area contributed by atoms with Crippen molar-refractivity contribution in [3.05, 3.63) is 36.7 Å². The number of rotatable bonds is 2. The predicted octanol–water partition coefficient (Wildman–Crippen LogP) is 1.84. The van der Waals surface area contributed by atoms with Gasteiger partial charge in [0.25, 0.3) is 5.89 Å². The van der Waals surface area contributed by atoms with Crippen LogP contribution in [-0.2, 0) is 7.05 Å². The fourth-order valence-electron chi connectivity index (χ4n) is 1.63. The molecule has 0 radical (unpaired) electrons. The van der Waals surface area contributed by atoms with Crippen molar-refractivity contribution in [1.29, 1.82) is 0 Å². The maximum absolute atomic E-state index is 9.40. The Labute approximate surface area is 102 Å². The van der Waals surface area contributed by atoms with Gasteiger partial charge in [0.05, 0.1) is 11.8 Å². The van der Waals surface area contributed by atoms with Gasteiger partial charge >= 0.3 is 0 Å². The second-order valence-corrected chi connectivity index (χ2v) is 3.88. The van der Waals surface area contributed by atoms with E-state index in [2.05, 4.69) is 15.2 Å². The molecule has 0 aliphatic carbocycles. The third kappa shape index (κ3) is 1.84. The van der Waals surface area contributed by atoms with Crippen molar-refractivity contribution < 1.29 is 9.63 Å². The molecule has 0 saturated carbocycles. The van der Waals surface area contributed by atoms with E-state index < -0.39 is 0 Å². The zero-order valence-corrected chi connectivity index (χ0v) is 9.61. The SMILES string of the molecule is Cn1cc(-c2noc(-c3cccc(O)c3)n2)cn1. The standard InChI is InChI=1S/C12H10N4O2/c1-16-7-9(6-13-16)11-14-12(18-15-11)8-3-2-4-10(17)5-8/h2-7,17H,1H3. The maximum Gasteiger partial charge on any atom is 0.258 e. The number of aryl methyl sites for hydroxylation is 1. The lowest BCUT2D eigenvalue weighted by atomic mass is 10.2. The van der Waals surface area contributed by atoms with Crippen LogP contribution in [0, 0.1) is 0 Å². The van der Waals surface area contributed by atoms with Crippen LogP contribution in [0.1, 0.15) is 0 Å². The first-order valence-electron chi connectivity index (χ1n) is 5.34.